The average molecular weight is 337 g/mol. The maximum absolute atomic E-state index is 4.71. The maximum Gasteiger partial charge on any atom is 0.191 e. The quantitative estimate of drug-likeness (QED) is 0.458. The normalized spacial score (nSPS) is 11.8. The Balaban J connectivity index is 1.57. The summed E-state index contributed by atoms with van der Waals surface area (Å²) in [5.41, 5.74) is 3.85. The summed E-state index contributed by atoms with van der Waals surface area (Å²) in [6, 6.07) is 10.5. The Kier molecular flexibility index (Phi) is 5.77. The lowest BCUT2D eigenvalue weighted by Gasteiger charge is -2.11. The number of aliphatic imine (C=N–C) groups is 1. The SMILES string of the molecule is CCNC(=NCCc1c[nH]c2cccc(C)c12)NCCn1cccc1. The molecule has 0 spiro atoms. The molecule has 2 heterocycles. The summed E-state index contributed by atoms with van der Waals surface area (Å²) in [5, 5.41) is 8.05. The minimum atomic E-state index is 0.764. The molecule has 0 aliphatic rings. The number of hydrogen-bond acceptors (Lipinski definition) is 1. The van der Waals surface area contributed by atoms with Crippen LogP contribution >= 0.6 is 0 Å². The van der Waals surface area contributed by atoms with Gasteiger partial charge in [0.25, 0.3) is 0 Å². The number of fused-ring (bicyclic) bond motifs is 1. The summed E-state index contributed by atoms with van der Waals surface area (Å²) < 4.78 is 2.16. The largest absolute Gasteiger partial charge is 0.361 e. The molecular formula is C20H27N5. The molecule has 5 nitrogen and oxygen atoms in total. The minimum Gasteiger partial charge on any atom is -0.361 e. The van der Waals surface area contributed by atoms with Gasteiger partial charge in [0.05, 0.1) is 0 Å². The van der Waals surface area contributed by atoms with E-state index in [1.54, 1.807) is 0 Å². The number of H-pyrrole nitrogens is 1. The summed E-state index contributed by atoms with van der Waals surface area (Å²) in [4.78, 5) is 8.07. The van der Waals surface area contributed by atoms with Gasteiger partial charge in [-0.25, -0.2) is 0 Å². The van der Waals surface area contributed by atoms with Crippen molar-refractivity contribution in [3.63, 3.8) is 0 Å². The van der Waals surface area contributed by atoms with Crippen molar-refractivity contribution in [3.8, 4) is 0 Å². The Morgan fingerprint density at radius 3 is 2.80 bits per heavy atom. The van der Waals surface area contributed by atoms with E-state index in [2.05, 4.69) is 70.8 Å². The Morgan fingerprint density at radius 2 is 2.00 bits per heavy atom. The number of aryl methyl sites for hydroxylation is 1. The van der Waals surface area contributed by atoms with Crippen LogP contribution in [0.25, 0.3) is 10.9 Å². The van der Waals surface area contributed by atoms with E-state index < -0.39 is 0 Å². The molecule has 0 saturated heterocycles. The third kappa shape index (κ3) is 4.44. The lowest BCUT2D eigenvalue weighted by Crippen LogP contribution is -2.39. The van der Waals surface area contributed by atoms with Crippen molar-refractivity contribution in [2.45, 2.75) is 26.8 Å². The zero-order valence-corrected chi connectivity index (χ0v) is 15.0. The third-order valence-corrected chi connectivity index (χ3v) is 4.32. The second kappa shape index (κ2) is 8.42. The molecule has 2 aromatic heterocycles. The van der Waals surface area contributed by atoms with Crippen molar-refractivity contribution < 1.29 is 0 Å². The predicted molar refractivity (Wildman–Crippen MR) is 105 cm³/mol. The Morgan fingerprint density at radius 1 is 1.16 bits per heavy atom. The Hall–Kier alpha value is -2.69. The first-order valence-corrected chi connectivity index (χ1v) is 8.96. The van der Waals surface area contributed by atoms with Crippen LogP contribution in [0.1, 0.15) is 18.1 Å². The van der Waals surface area contributed by atoms with Crippen molar-refractivity contribution in [1.82, 2.24) is 20.2 Å². The molecule has 0 aliphatic heterocycles. The van der Waals surface area contributed by atoms with Gasteiger partial charge in [-0.05, 0) is 49.6 Å². The van der Waals surface area contributed by atoms with Crippen molar-refractivity contribution >= 4 is 16.9 Å². The first kappa shape index (κ1) is 17.1. The molecule has 1 aromatic carbocycles. The van der Waals surface area contributed by atoms with E-state index in [4.69, 9.17) is 4.99 Å². The van der Waals surface area contributed by atoms with Crippen molar-refractivity contribution in [2.24, 2.45) is 4.99 Å². The van der Waals surface area contributed by atoms with Gasteiger partial charge in [0.2, 0.25) is 0 Å². The molecule has 0 radical (unpaired) electrons. The van der Waals surface area contributed by atoms with Crippen LogP contribution in [0.3, 0.4) is 0 Å². The van der Waals surface area contributed by atoms with E-state index in [1.165, 1.54) is 22.0 Å². The number of nitrogens with zero attached hydrogens (tertiary/aromatic N) is 2. The van der Waals surface area contributed by atoms with Crippen LogP contribution in [-0.2, 0) is 13.0 Å². The topological polar surface area (TPSA) is 57.1 Å². The van der Waals surface area contributed by atoms with Gasteiger partial charge >= 0.3 is 0 Å². The monoisotopic (exact) mass is 337 g/mol. The summed E-state index contributed by atoms with van der Waals surface area (Å²) in [6.45, 7) is 7.66. The predicted octanol–water partition coefficient (Wildman–Crippen LogP) is 3.08. The van der Waals surface area contributed by atoms with Gasteiger partial charge in [-0.3, -0.25) is 4.99 Å². The zero-order valence-electron chi connectivity index (χ0n) is 15.0. The van der Waals surface area contributed by atoms with Crippen molar-refractivity contribution in [2.75, 3.05) is 19.6 Å². The standard InChI is InChI=1S/C20H27N5/c1-3-21-20(23-11-14-25-12-4-5-13-25)22-10-9-17-15-24-18-8-6-7-16(2)19(17)18/h4-8,12-13,15,24H,3,9-11,14H2,1-2H3,(H2,21,22,23). The fourth-order valence-corrected chi connectivity index (χ4v) is 3.10. The van der Waals surface area contributed by atoms with Gasteiger partial charge in [-0.2, -0.15) is 0 Å². The molecule has 0 amide bonds. The van der Waals surface area contributed by atoms with Gasteiger partial charge in [0.15, 0.2) is 5.96 Å². The van der Waals surface area contributed by atoms with E-state index in [-0.39, 0.29) is 0 Å². The number of guanidine groups is 1. The molecule has 132 valence electrons. The zero-order chi connectivity index (χ0) is 17.5. The summed E-state index contributed by atoms with van der Waals surface area (Å²) >= 11 is 0. The number of hydrogen-bond donors (Lipinski definition) is 3. The second-order valence-electron chi connectivity index (χ2n) is 6.17. The van der Waals surface area contributed by atoms with Gasteiger partial charge in [0, 0.05) is 55.7 Å². The molecule has 3 rings (SSSR count). The molecule has 0 unspecified atom stereocenters. The second-order valence-corrected chi connectivity index (χ2v) is 6.17. The van der Waals surface area contributed by atoms with Crippen LogP contribution in [0.5, 0.6) is 0 Å². The van der Waals surface area contributed by atoms with Crippen molar-refractivity contribution in [3.05, 3.63) is 60.0 Å². The number of rotatable bonds is 7. The van der Waals surface area contributed by atoms with Crippen molar-refractivity contribution in [1.29, 1.82) is 0 Å². The van der Waals surface area contributed by atoms with Gasteiger partial charge in [-0.1, -0.05) is 12.1 Å². The molecule has 0 fully saturated rings. The van der Waals surface area contributed by atoms with Crippen LogP contribution in [-0.4, -0.2) is 35.1 Å². The van der Waals surface area contributed by atoms with Gasteiger partial charge in [0.1, 0.15) is 0 Å². The summed E-state index contributed by atoms with van der Waals surface area (Å²) in [7, 11) is 0. The van der Waals surface area contributed by atoms with E-state index in [0.717, 1.165) is 38.6 Å². The van der Waals surface area contributed by atoms with Gasteiger partial charge in [-0.15, -0.1) is 0 Å². The highest BCUT2D eigenvalue weighted by Crippen LogP contribution is 2.22. The first-order chi connectivity index (χ1) is 12.3. The summed E-state index contributed by atoms with van der Waals surface area (Å²) in [5.74, 6) is 0.881. The molecule has 0 saturated carbocycles. The summed E-state index contributed by atoms with van der Waals surface area (Å²) in [6.07, 6.45) is 7.19. The Bertz CT molecular complexity index is 814. The molecule has 0 bridgehead atoms. The minimum absolute atomic E-state index is 0.764. The van der Waals surface area contributed by atoms with Crippen LogP contribution < -0.4 is 10.6 Å². The highest BCUT2D eigenvalue weighted by Gasteiger charge is 2.05. The average Bonchev–Trinajstić information content (AvgIpc) is 3.25. The van der Waals surface area contributed by atoms with Gasteiger partial charge < -0.3 is 20.2 Å². The molecular weight excluding hydrogens is 310 g/mol. The smallest absolute Gasteiger partial charge is 0.191 e. The fraction of sp³-hybridized carbons (Fsp3) is 0.350. The maximum atomic E-state index is 4.71. The van der Waals surface area contributed by atoms with Crippen LogP contribution in [0.4, 0.5) is 0 Å². The number of nitrogens with one attached hydrogen (secondary N) is 3. The molecule has 25 heavy (non-hydrogen) atoms. The fourth-order valence-electron chi connectivity index (χ4n) is 3.10. The number of aromatic nitrogens is 2. The molecule has 5 heteroatoms. The van der Waals surface area contributed by atoms with Crippen LogP contribution in [0.15, 0.2) is 53.9 Å². The van der Waals surface area contributed by atoms with E-state index in [9.17, 15) is 0 Å². The lowest BCUT2D eigenvalue weighted by molar-refractivity contribution is 0.665. The highest BCUT2D eigenvalue weighted by atomic mass is 15.2. The van der Waals surface area contributed by atoms with E-state index in [1.807, 2.05) is 12.1 Å². The highest BCUT2D eigenvalue weighted by molar-refractivity contribution is 5.86. The molecule has 0 atom stereocenters. The first-order valence-electron chi connectivity index (χ1n) is 8.96. The number of aromatic amines is 1. The molecule has 3 aromatic rings. The van der Waals surface area contributed by atoms with E-state index in [0.29, 0.717) is 0 Å². The lowest BCUT2D eigenvalue weighted by atomic mass is 10.1. The van der Waals surface area contributed by atoms with Crippen LogP contribution in [0.2, 0.25) is 0 Å². The molecule has 0 aliphatic carbocycles. The van der Waals surface area contributed by atoms with Crippen LogP contribution in [0, 0.1) is 6.92 Å². The Labute approximate surface area is 149 Å². The molecule has 3 N–H and O–H groups in total. The number of benzene rings is 1. The van der Waals surface area contributed by atoms with E-state index >= 15 is 0 Å². The third-order valence-electron chi connectivity index (χ3n) is 4.32.